The molecule has 9 heteroatoms. The highest BCUT2D eigenvalue weighted by Gasteiger charge is 2.41. The fourth-order valence-corrected chi connectivity index (χ4v) is 8.44. The van der Waals surface area contributed by atoms with Gasteiger partial charge in [-0.3, -0.25) is 4.79 Å². The second-order valence-electron chi connectivity index (χ2n) is 11.2. The van der Waals surface area contributed by atoms with Gasteiger partial charge in [-0.2, -0.15) is 0 Å². The number of aromatic carboxylic acids is 1. The molecule has 1 fully saturated rings. The summed E-state index contributed by atoms with van der Waals surface area (Å²) < 4.78 is 16.0. The van der Waals surface area contributed by atoms with Crippen molar-refractivity contribution in [2.24, 2.45) is 0 Å². The van der Waals surface area contributed by atoms with Crippen LogP contribution in [0.5, 0.6) is 5.75 Å². The molecule has 2 aromatic heterocycles. The first-order valence-corrected chi connectivity index (χ1v) is 17.1. The van der Waals surface area contributed by atoms with Gasteiger partial charge in [0, 0.05) is 34.0 Å². The van der Waals surface area contributed by atoms with Crippen molar-refractivity contribution in [2.75, 3.05) is 12.9 Å². The van der Waals surface area contributed by atoms with Crippen molar-refractivity contribution in [3.8, 4) is 16.2 Å². The number of rotatable bonds is 6. The highest BCUT2D eigenvalue weighted by atomic mass is 32.2. The summed E-state index contributed by atoms with van der Waals surface area (Å²) in [7, 11) is -0.313. The summed E-state index contributed by atoms with van der Waals surface area (Å²) in [5.41, 5.74) is 2.19. The van der Waals surface area contributed by atoms with Crippen molar-refractivity contribution in [3.05, 3.63) is 45.7 Å². The van der Waals surface area contributed by atoms with E-state index in [1.165, 1.54) is 16.0 Å². The van der Waals surface area contributed by atoms with Gasteiger partial charge in [0.25, 0.3) is 0 Å². The fourth-order valence-electron chi connectivity index (χ4n) is 4.54. The summed E-state index contributed by atoms with van der Waals surface area (Å²) in [6.07, 6.45) is 4.49. The lowest BCUT2D eigenvalue weighted by Crippen LogP contribution is -2.42. The van der Waals surface area contributed by atoms with E-state index in [4.69, 9.17) is 9.16 Å². The predicted octanol–water partition coefficient (Wildman–Crippen LogP) is 7.33. The number of thioether (sulfide) groups is 1. The molecule has 1 N–H and O–H groups in total. The van der Waals surface area contributed by atoms with Gasteiger partial charge in [0.15, 0.2) is 14.1 Å². The lowest BCUT2D eigenvalue weighted by Gasteiger charge is -2.40. The standard InChI is InChI=1S/C27H33NO5S2Si/c1-27(2,3)36(5,6)33-20-11-12-34-26-18(20)13-21(35-26)16-9-10-17-22(24(16)32-4)28(15-7-8-15)14-19(23(17)29)25(30)31/h9-10,13-15,20H,7-8,11-12H2,1-6H3,(H,30,31). The van der Waals surface area contributed by atoms with Crippen LogP contribution in [0.15, 0.2) is 33.4 Å². The molecule has 36 heavy (non-hydrogen) atoms. The Labute approximate surface area is 220 Å². The summed E-state index contributed by atoms with van der Waals surface area (Å²) >= 11 is 3.62. The molecule has 1 unspecified atom stereocenters. The number of nitrogens with zero attached hydrogens (tertiary/aromatic N) is 1. The Morgan fingerprint density at radius 3 is 2.53 bits per heavy atom. The molecule has 0 saturated heterocycles. The number of aromatic nitrogens is 1. The zero-order chi connectivity index (χ0) is 26.0. The number of pyridine rings is 1. The van der Waals surface area contributed by atoms with E-state index in [9.17, 15) is 14.7 Å². The van der Waals surface area contributed by atoms with E-state index >= 15 is 0 Å². The number of carboxylic acid groups (broad SMARTS) is 1. The SMILES string of the molecule is COc1c(-c2cc3c(s2)SCCC3O[Si](C)(C)C(C)(C)C)ccc2c(=O)c(C(=O)O)cn(C3CC3)c12. The Balaban J connectivity index is 1.64. The molecule has 0 radical (unpaired) electrons. The normalized spacial score (nSPS) is 18.3. The third-order valence-electron chi connectivity index (χ3n) is 7.72. The Bertz CT molecular complexity index is 1410. The molecule has 192 valence electrons. The largest absolute Gasteiger partial charge is 0.494 e. The number of ether oxygens (including phenoxy) is 1. The minimum absolute atomic E-state index is 0.0846. The number of hydrogen-bond acceptors (Lipinski definition) is 6. The average molecular weight is 544 g/mol. The van der Waals surface area contributed by atoms with Crippen LogP contribution in [0.2, 0.25) is 18.1 Å². The van der Waals surface area contributed by atoms with Gasteiger partial charge in [-0.05, 0) is 55.6 Å². The number of carboxylic acids is 1. The van der Waals surface area contributed by atoms with Crippen LogP contribution < -0.4 is 10.2 Å². The molecular formula is C27H33NO5S2Si. The van der Waals surface area contributed by atoms with E-state index in [1.807, 2.05) is 22.4 Å². The van der Waals surface area contributed by atoms with Gasteiger partial charge in [-0.15, -0.1) is 23.1 Å². The van der Waals surface area contributed by atoms with Crippen LogP contribution >= 0.6 is 23.1 Å². The van der Waals surface area contributed by atoms with Crippen molar-refractivity contribution < 1.29 is 19.1 Å². The molecule has 0 spiro atoms. The summed E-state index contributed by atoms with van der Waals surface area (Å²) in [6, 6.07) is 6.08. The topological polar surface area (TPSA) is 77.8 Å². The van der Waals surface area contributed by atoms with Crippen LogP contribution in [0, 0.1) is 0 Å². The lowest BCUT2D eigenvalue weighted by atomic mass is 10.0. The van der Waals surface area contributed by atoms with Crippen molar-refractivity contribution in [3.63, 3.8) is 0 Å². The van der Waals surface area contributed by atoms with Gasteiger partial charge in [0.05, 0.1) is 28.3 Å². The first kappa shape index (κ1) is 25.6. The van der Waals surface area contributed by atoms with E-state index in [-0.39, 0.29) is 22.7 Å². The quantitative estimate of drug-likeness (QED) is 0.328. The minimum Gasteiger partial charge on any atom is -0.494 e. The fraction of sp³-hybridized carbons (Fsp3) is 0.481. The smallest absolute Gasteiger partial charge is 0.341 e. The molecule has 1 aliphatic heterocycles. The maximum atomic E-state index is 13.0. The summed E-state index contributed by atoms with van der Waals surface area (Å²) in [6.45, 7) is 11.4. The zero-order valence-corrected chi connectivity index (χ0v) is 24.3. The summed E-state index contributed by atoms with van der Waals surface area (Å²) in [5.74, 6) is 0.453. The van der Waals surface area contributed by atoms with Crippen molar-refractivity contribution in [2.45, 2.75) is 74.5 Å². The predicted molar refractivity (Wildman–Crippen MR) is 150 cm³/mol. The number of methoxy groups -OCH3 is 1. The molecule has 5 rings (SSSR count). The Morgan fingerprint density at radius 1 is 1.19 bits per heavy atom. The number of carbonyl (C=O) groups is 1. The van der Waals surface area contributed by atoms with Gasteiger partial charge in [-0.1, -0.05) is 20.8 Å². The summed E-state index contributed by atoms with van der Waals surface area (Å²) in [4.78, 5) is 25.9. The van der Waals surface area contributed by atoms with Crippen LogP contribution in [-0.2, 0) is 4.43 Å². The Hall–Kier alpha value is -2.07. The molecule has 0 amide bonds. The number of thiophene rings is 1. The number of benzene rings is 1. The van der Waals surface area contributed by atoms with Crippen LogP contribution in [0.25, 0.3) is 21.3 Å². The van der Waals surface area contributed by atoms with Crippen LogP contribution in [0.3, 0.4) is 0 Å². The highest BCUT2D eigenvalue weighted by molar-refractivity contribution is 8.01. The first-order valence-electron chi connectivity index (χ1n) is 12.4. The molecule has 3 heterocycles. The third kappa shape index (κ3) is 4.34. The molecule has 6 nitrogen and oxygen atoms in total. The van der Waals surface area contributed by atoms with E-state index in [1.54, 1.807) is 24.5 Å². The second kappa shape index (κ2) is 9.04. The zero-order valence-electron chi connectivity index (χ0n) is 21.6. The van der Waals surface area contributed by atoms with Gasteiger partial charge >= 0.3 is 5.97 Å². The number of fused-ring (bicyclic) bond motifs is 2. The monoisotopic (exact) mass is 543 g/mol. The maximum absolute atomic E-state index is 13.0. The summed E-state index contributed by atoms with van der Waals surface area (Å²) in [5, 5.41) is 10.1. The maximum Gasteiger partial charge on any atom is 0.341 e. The Kier molecular flexibility index (Phi) is 6.42. The minimum atomic E-state index is -1.93. The molecule has 2 aliphatic rings. The molecule has 1 aliphatic carbocycles. The average Bonchev–Trinajstić information content (AvgIpc) is 3.55. The van der Waals surface area contributed by atoms with Crippen LogP contribution in [0.4, 0.5) is 0 Å². The van der Waals surface area contributed by atoms with Crippen LogP contribution in [-0.4, -0.2) is 36.8 Å². The van der Waals surface area contributed by atoms with Crippen molar-refractivity contribution >= 4 is 48.3 Å². The molecule has 1 aromatic carbocycles. The van der Waals surface area contributed by atoms with E-state index in [0.717, 1.165) is 35.5 Å². The molecule has 1 atom stereocenters. The van der Waals surface area contributed by atoms with Gasteiger partial charge in [0.2, 0.25) is 5.43 Å². The van der Waals surface area contributed by atoms with E-state index < -0.39 is 19.7 Å². The van der Waals surface area contributed by atoms with E-state index in [2.05, 4.69) is 39.9 Å². The van der Waals surface area contributed by atoms with Crippen molar-refractivity contribution in [1.29, 1.82) is 0 Å². The van der Waals surface area contributed by atoms with E-state index in [0.29, 0.717) is 16.7 Å². The third-order valence-corrected chi connectivity index (χ3v) is 14.7. The van der Waals surface area contributed by atoms with Gasteiger partial charge < -0.3 is 18.8 Å². The highest BCUT2D eigenvalue weighted by Crippen LogP contribution is 2.51. The first-order chi connectivity index (χ1) is 16.9. The molecule has 3 aromatic rings. The van der Waals surface area contributed by atoms with Gasteiger partial charge in [-0.25, -0.2) is 4.79 Å². The Morgan fingerprint density at radius 2 is 1.92 bits per heavy atom. The second-order valence-corrected chi connectivity index (χ2v) is 18.4. The van der Waals surface area contributed by atoms with Gasteiger partial charge in [0.1, 0.15) is 5.56 Å². The molecular weight excluding hydrogens is 511 g/mol. The number of hydrogen-bond donors (Lipinski definition) is 1. The lowest BCUT2D eigenvalue weighted by molar-refractivity contribution is 0.0694. The van der Waals surface area contributed by atoms with Crippen LogP contribution in [0.1, 0.15) is 68.1 Å². The van der Waals surface area contributed by atoms with Crippen molar-refractivity contribution in [1.82, 2.24) is 4.57 Å². The molecule has 0 bridgehead atoms. The molecule has 1 saturated carbocycles.